The van der Waals surface area contributed by atoms with Crippen LogP contribution in [-0.2, 0) is 22.0 Å². The number of aromatic nitrogens is 1. The van der Waals surface area contributed by atoms with Crippen LogP contribution < -0.4 is 10.2 Å². The van der Waals surface area contributed by atoms with Gasteiger partial charge in [-0.1, -0.05) is 41.5 Å². The van der Waals surface area contributed by atoms with Gasteiger partial charge in [0.05, 0.1) is 5.52 Å². The number of hydrogen-bond donors (Lipinski definition) is 2. The highest BCUT2D eigenvalue weighted by Gasteiger charge is 2.41. The van der Waals surface area contributed by atoms with E-state index < -0.39 is 0 Å². The molecule has 1 aromatic heterocycles. The Labute approximate surface area is 175 Å². The molecular weight excluding hydrogens is 358 g/mol. The zero-order valence-corrected chi connectivity index (χ0v) is 19.4. The maximum Gasteiger partial charge on any atom is 0.243 e. The number of anilines is 1. The van der Waals surface area contributed by atoms with Crippen LogP contribution in [0.3, 0.4) is 0 Å². The van der Waals surface area contributed by atoms with E-state index in [1.807, 2.05) is 0 Å². The van der Waals surface area contributed by atoms with Crippen molar-refractivity contribution in [3.63, 3.8) is 0 Å². The van der Waals surface area contributed by atoms with Gasteiger partial charge in [-0.15, -0.1) is 0 Å². The van der Waals surface area contributed by atoms with E-state index in [1.165, 1.54) is 46.1 Å². The summed E-state index contributed by atoms with van der Waals surface area (Å²) < 4.78 is 0. The Hall–Kier alpha value is -1.97. The van der Waals surface area contributed by atoms with Crippen molar-refractivity contribution < 1.29 is 4.79 Å². The summed E-state index contributed by atoms with van der Waals surface area (Å²) in [5.41, 5.74) is 6.96. The first-order valence-electron chi connectivity index (χ1n) is 11.1. The number of carbonyl (C=O) groups is 1. The third-order valence-corrected chi connectivity index (χ3v) is 7.41. The van der Waals surface area contributed by atoms with E-state index in [2.05, 4.69) is 83.0 Å². The number of nitrogens with one attached hydrogen (secondary N) is 2. The molecule has 2 aromatic rings. The van der Waals surface area contributed by atoms with Crippen molar-refractivity contribution in [3.05, 3.63) is 29.0 Å². The molecule has 4 rings (SSSR count). The molecule has 2 N–H and O–H groups in total. The third kappa shape index (κ3) is 3.06. The van der Waals surface area contributed by atoms with E-state index in [-0.39, 0.29) is 34.7 Å². The summed E-state index contributed by atoms with van der Waals surface area (Å²) in [6.07, 6.45) is 5.40. The molecule has 1 aliphatic carbocycles. The van der Waals surface area contributed by atoms with Gasteiger partial charge in [0.25, 0.3) is 0 Å². The summed E-state index contributed by atoms with van der Waals surface area (Å²) >= 11 is 0. The van der Waals surface area contributed by atoms with Crippen LogP contribution in [0.1, 0.15) is 78.0 Å². The number of hydrogen-bond acceptors (Lipinski definition) is 2. The van der Waals surface area contributed by atoms with Crippen molar-refractivity contribution in [2.45, 2.75) is 90.6 Å². The molecule has 1 aromatic carbocycles. The highest BCUT2D eigenvalue weighted by Crippen LogP contribution is 2.51. The Morgan fingerprint density at radius 1 is 1.14 bits per heavy atom. The number of nitrogens with zero attached hydrogens (tertiary/aromatic N) is 1. The SMILES string of the molecule is CC1Cc2c[nH]c3c4c(cc(c23)N(C)[C@@H](C(C)C)C(=O)N1)C(C)(C)CCC4(C)C. The van der Waals surface area contributed by atoms with Crippen LogP contribution >= 0.6 is 0 Å². The fourth-order valence-corrected chi connectivity index (χ4v) is 5.71. The second kappa shape index (κ2) is 6.52. The minimum absolute atomic E-state index is 0.114. The number of rotatable bonds is 1. The average Bonchev–Trinajstić information content (AvgIpc) is 3.01. The van der Waals surface area contributed by atoms with Gasteiger partial charge >= 0.3 is 0 Å². The molecule has 0 saturated heterocycles. The van der Waals surface area contributed by atoms with Crippen LogP contribution in [0.15, 0.2) is 12.3 Å². The van der Waals surface area contributed by atoms with Crippen LogP contribution in [-0.4, -0.2) is 30.0 Å². The maximum atomic E-state index is 13.1. The zero-order chi connectivity index (χ0) is 21.3. The summed E-state index contributed by atoms with van der Waals surface area (Å²) in [5.74, 6) is 0.359. The molecular formula is C25H37N3O. The average molecular weight is 396 g/mol. The van der Waals surface area contributed by atoms with Gasteiger partial charge in [-0.3, -0.25) is 4.79 Å². The second-order valence-electron chi connectivity index (χ2n) is 11.1. The van der Waals surface area contributed by atoms with Crippen LogP contribution in [0.5, 0.6) is 0 Å². The molecule has 1 amide bonds. The van der Waals surface area contributed by atoms with Crippen molar-refractivity contribution in [1.29, 1.82) is 0 Å². The summed E-state index contributed by atoms with van der Waals surface area (Å²) in [6, 6.07) is 2.34. The molecule has 29 heavy (non-hydrogen) atoms. The third-order valence-electron chi connectivity index (χ3n) is 7.41. The molecule has 1 unspecified atom stereocenters. The number of amides is 1. The first-order valence-corrected chi connectivity index (χ1v) is 11.1. The van der Waals surface area contributed by atoms with Gasteiger partial charge in [0.1, 0.15) is 6.04 Å². The Balaban J connectivity index is 2.08. The molecule has 4 nitrogen and oxygen atoms in total. The number of H-pyrrole nitrogens is 1. The Morgan fingerprint density at radius 3 is 2.45 bits per heavy atom. The summed E-state index contributed by atoms with van der Waals surface area (Å²) in [6.45, 7) is 15.9. The van der Waals surface area contributed by atoms with E-state index in [4.69, 9.17) is 0 Å². The molecule has 0 bridgehead atoms. The van der Waals surface area contributed by atoms with Crippen LogP contribution in [0.2, 0.25) is 0 Å². The fourth-order valence-electron chi connectivity index (χ4n) is 5.71. The molecule has 0 fully saturated rings. The normalized spacial score (nSPS) is 26.0. The molecule has 0 radical (unpaired) electrons. The molecule has 1 aliphatic heterocycles. The summed E-state index contributed by atoms with van der Waals surface area (Å²) in [4.78, 5) is 19.0. The van der Waals surface area contributed by atoms with E-state index in [0.29, 0.717) is 0 Å². The van der Waals surface area contributed by atoms with E-state index in [0.717, 1.165) is 6.42 Å². The first kappa shape index (κ1) is 20.3. The highest BCUT2D eigenvalue weighted by atomic mass is 16.2. The summed E-state index contributed by atoms with van der Waals surface area (Å²) in [5, 5.41) is 4.57. The predicted octanol–water partition coefficient (Wildman–Crippen LogP) is 5.04. The van der Waals surface area contributed by atoms with Gasteiger partial charge in [0.2, 0.25) is 5.91 Å². The van der Waals surface area contributed by atoms with Crippen molar-refractivity contribution in [3.8, 4) is 0 Å². The first-order chi connectivity index (χ1) is 13.4. The largest absolute Gasteiger partial charge is 0.362 e. The number of aromatic amines is 1. The van der Waals surface area contributed by atoms with Crippen molar-refractivity contribution in [2.75, 3.05) is 11.9 Å². The lowest BCUT2D eigenvalue weighted by Gasteiger charge is -2.43. The standard InChI is InChI=1S/C25H37N3O/c1-14(2)22-23(29)27-15(3)11-16-13-26-21-19(16)18(28(22)8)12-17-20(21)25(6,7)10-9-24(17,4)5/h12-15,22,26H,9-11H2,1-8H3,(H,27,29)/t15?,22-/m0/s1. The topological polar surface area (TPSA) is 48.1 Å². The molecule has 2 atom stereocenters. The Kier molecular flexibility index (Phi) is 4.56. The van der Waals surface area contributed by atoms with Crippen LogP contribution in [0.4, 0.5) is 5.69 Å². The smallest absolute Gasteiger partial charge is 0.243 e. The van der Waals surface area contributed by atoms with E-state index in [1.54, 1.807) is 0 Å². The van der Waals surface area contributed by atoms with Crippen molar-refractivity contribution in [1.82, 2.24) is 10.3 Å². The zero-order valence-electron chi connectivity index (χ0n) is 19.4. The molecule has 0 spiro atoms. The fraction of sp³-hybridized carbons (Fsp3) is 0.640. The van der Waals surface area contributed by atoms with E-state index >= 15 is 0 Å². The lowest BCUT2D eigenvalue weighted by Crippen LogP contribution is -2.50. The van der Waals surface area contributed by atoms with Gasteiger partial charge in [-0.05, 0) is 65.7 Å². The maximum absolute atomic E-state index is 13.1. The number of fused-ring (bicyclic) bond motifs is 2. The molecule has 158 valence electrons. The molecule has 2 aliphatic rings. The van der Waals surface area contributed by atoms with Gasteiger partial charge in [0.15, 0.2) is 0 Å². The van der Waals surface area contributed by atoms with Gasteiger partial charge < -0.3 is 15.2 Å². The quantitative estimate of drug-likeness (QED) is 0.711. The highest BCUT2D eigenvalue weighted by molar-refractivity contribution is 6.01. The van der Waals surface area contributed by atoms with Crippen LogP contribution in [0, 0.1) is 5.92 Å². The number of likely N-dealkylation sites (N-methyl/N-ethyl adjacent to an activating group) is 1. The van der Waals surface area contributed by atoms with Gasteiger partial charge in [-0.2, -0.15) is 0 Å². The predicted molar refractivity (Wildman–Crippen MR) is 122 cm³/mol. The van der Waals surface area contributed by atoms with E-state index in [9.17, 15) is 4.79 Å². The molecule has 2 heterocycles. The van der Waals surface area contributed by atoms with Crippen LogP contribution in [0.25, 0.3) is 10.9 Å². The van der Waals surface area contributed by atoms with Crippen molar-refractivity contribution >= 4 is 22.5 Å². The molecule has 0 saturated carbocycles. The Bertz CT molecular complexity index is 966. The Morgan fingerprint density at radius 2 is 1.79 bits per heavy atom. The monoisotopic (exact) mass is 395 g/mol. The number of benzene rings is 1. The minimum atomic E-state index is -0.181. The lowest BCUT2D eigenvalue weighted by atomic mass is 9.62. The number of carbonyl (C=O) groups excluding carboxylic acids is 1. The van der Waals surface area contributed by atoms with Gasteiger partial charge in [0, 0.05) is 30.4 Å². The minimum Gasteiger partial charge on any atom is -0.362 e. The van der Waals surface area contributed by atoms with Gasteiger partial charge in [-0.25, -0.2) is 0 Å². The van der Waals surface area contributed by atoms with Crippen molar-refractivity contribution in [2.24, 2.45) is 5.92 Å². The summed E-state index contributed by atoms with van der Waals surface area (Å²) in [7, 11) is 2.10. The molecule has 4 heteroatoms. The second-order valence-corrected chi connectivity index (χ2v) is 11.1. The lowest BCUT2D eigenvalue weighted by molar-refractivity contribution is -0.123.